The molecule has 1 atom stereocenters. The number of anilines is 1. The Morgan fingerprint density at radius 3 is 2.39 bits per heavy atom. The number of amides is 4. The summed E-state index contributed by atoms with van der Waals surface area (Å²) >= 11 is 2.88. The molecule has 0 bridgehead atoms. The molecule has 0 saturated carbocycles. The van der Waals surface area contributed by atoms with Gasteiger partial charge in [0.05, 0.1) is 17.0 Å². The predicted octanol–water partition coefficient (Wildman–Crippen LogP) is 3.70. The van der Waals surface area contributed by atoms with Gasteiger partial charge in [0.1, 0.15) is 5.69 Å². The van der Waals surface area contributed by atoms with Crippen LogP contribution >= 0.6 is 15.9 Å². The summed E-state index contributed by atoms with van der Waals surface area (Å²) in [6.07, 6.45) is -5.86. The molecule has 1 aliphatic rings. The van der Waals surface area contributed by atoms with Crippen molar-refractivity contribution in [1.82, 2.24) is 15.4 Å². The fourth-order valence-corrected chi connectivity index (χ4v) is 3.94. The van der Waals surface area contributed by atoms with Crippen LogP contribution in [0.1, 0.15) is 27.2 Å². The van der Waals surface area contributed by atoms with E-state index in [4.69, 9.17) is 5.73 Å². The van der Waals surface area contributed by atoms with E-state index in [0.29, 0.717) is 39.8 Å². The number of aromatic nitrogens is 1. The maximum Gasteiger partial charge on any atom is 0.417 e. The number of aliphatic imine (C=N–C) groups is 1. The quantitative estimate of drug-likeness (QED) is 0.421. The molecule has 4 rings (SSSR count). The van der Waals surface area contributed by atoms with Crippen molar-refractivity contribution in [3.63, 3.8) is 0 Å². The van der Waals surface area contributed by atoms with Crippen LogP contribution < -0.4 is 16.5 Å². The number of alkyl halides is 3. The lowest BCUT2D eigenvalue weighted by atomic mass is 10.0. The van der Waals surface area contributed by atoms with E-state index in [-0.39, 0.29) is 4.47 Å². The third-order valence-electron chi connectivity index (χ3n) is 5.06. The smallest absolute Gasteiger partial charge is 0.350 e. The Labute approximate surface area is 210 Å². The summed E-state index contributed by atoms with van der Waals surface area (Å²) in [6.45, 7) is 0. The Bertz CT molecular complexity index is 1380. The molecule has 3 aromatic rings. The van der Waals surface area contributed by atoms with E-state index in [1.165, 1.54) is 0 Å². The van der Waals surface area contributed by atoms with Crippen LogP contribution in [-0.4, -0.2) is 39.7 Å². The number of benzodiazepines with no additional fused rings is 1. The number of hydrogen-bond donors (Lipinski definition) is 3. The minimum absolute atomic E-state index is 0.287. The third kappa shape index (κ3) is 5.05. The van der Waals surface area contributed by atoms with Gasteiger partial charge in [-0.1, -0.05) is 48.5 Å². The molecule has 1 aromatic heterocycles. The summed E-state index contributed by atoms with van der Waals surface area (Å²) in [5.41, 5.74) is 7.96. The van der Waals surface area contributed by atoms with Crippen molar-refractivity contribution < 1.29 is 27.6 Å². The molecule has 184 valence electrons. The van der Waals surface area contributed by atoms with Crippen LogP contribution in [0, 0.1) is 0 Å². The van der Waals surface area contributed by atoms with Gasteiger partial charge < -0.3 is 11.1 Å². The van der Waals surface area contributed by atoms with E-state index < -0.39 is 41.4 Å². The first kappa shape index (κ1) is 24.9. The maximum atomic E-state index is 13.1. The van der Waals surface area contributed by atoms with Crippen molar-refractivity contribution >= 4 is 45.2 Å². The summed E-state index contributed by atoms with van der Waals surface area (Å²) in [7, 11) is 0. The zero-order chi connectivity index (χ0) is 26.0. The minimum Gasteiger partial charge on any atom is -0.350 e. The minimum atomic E-state index is -4.68. The van der Waals surface area contributed by atoms with Crippen LogP contribution in [0.4, 0.5) is 23.7 Å². The monoisotopic (exact) mass is 560 g/mol. The normalized spacial score (nSPS) is 15.2. The molecule has 4 N–H and O–H groups in total. The first-order chi connectivity index (χ1) is 17.1. The highest BCUT2D eigenvalue weighted by molar-refractivity contribution is 9.10. The van der Waals surface area contributed by atoms with E-state index in [1.54, 1.807) is 54.6 Å². The van der Waals surface area contributed by atoms with Crippen molar-refractivity contribution in [3.05, 3.63) is 93.7 Å². The standard InChI is InChI=1S/C23H16BrF3N6O3/c24-15-10-13(23(25,26)27)11-29-18(15)20(34)32-33(22(28)36)19-21(35)30-16-9-5-4-8-14(16)17(31-19)12-6-2-1-3-7-12/h1-11,19H,(H2,28,36)(H,30,35)(H,32,34). The molecule has 1 aliphatic heterocycles. The predicted molar refractivity (Wildman–Crippen MR) is 127 cm³/mol. The second kappa shape index (κ2) is 9.77. The number of pyridine rings is 1. The van der Waals surface area contributed by atoms with Gasteiger partial charge in [0.2, 0.25) is 6.17 Å². The molecule has 0 spiro atoms. The van der Waals surface area contributed by atoms with Gasteiger partial charge in [-0.25, -0.2) is 19.8 Å². The number of rotatable bonds is 3. The van der Waals surface area contributed by atoms with Gasteiger partial charge in [-0.3, -0.25) is 15.0 Å². The number of hydrazine groups is 1. The van der Waals surface area contributed by atoms with Gasteiger partial charge >= 0.3 is 12.2 Å². The van der Waals surface area contributed by atoms with E-state index in [9.17, 15) is 27.6 Å². The number of nitrogens with zero attached hydrogens (tertiary/aromatic N) is 3. The molecule has 0 aliphatic carbocycles. The highest BCUT2D eigenvalue weighted by Gasteiger charge is 2.35. The summed E-state index contributed by atoms with van der Waals surface area (Å²) in [4.78, 5) is 46.2. The van der Waals surface area contributed by atoms with Crippen LogP contribution in [0.2, 0.25) is 0 Å². The molecule has 36 heavy (non-hydrogen) atoms. The van der Waals surface area contributed by atoms with Crippen LogP contribution in [0.15, 0.2) is 76.3 Å². The number of nitrogens with one attached hydrogen (secondary N) is 2. The Morgan fingerprint density at radius 1 is 1.08 bits per heavy atom. The molecular formula is C23H16BrF3N6O3. The number of carbonyl (C=O) groups excluding carboxylic acids is 3. The number of hydrogen-bond acceptors (Lipinski definition) is 5. The fraction of sp³-hybridized carbons (Fsp3) is 0.0870. The maximum absolute atomic E-state index is 13.1. The molecule has 1 unspecified atom stereocenters. The lowest BCUT2D eigenvalue weighted by Gasteiger charge is -2.26. The first-order valence-corrected chi connectivity index (χ1v) is 11.0. The highest BCUT2D eigenvalue weighted by atomic mass is 79.9. The number of carbonyl (C=O) groups is 3. The van der Waals surface area contributed by atoms with Gasteiger partial charge in [0.25, 0.3) is 11.8 Å². The van der Waals surface area contributed by atoms with Gasteiger partial charge in [-0.2, -0.15) is 13.2 Å². The molecule has 2 heterocycles. The molecule has 2 aromatic carbocycles. The molecule has 4 amide bonds. The number of fused-ring (bicyclic) bond motifs is 1. The van der Waals surface area contributed by atoms with E-state index in [2.05, 4.69) is 36.6 Å². The van der Waals surface area contributed by atoms with E-state index >= 15 is 0 Å². The van der Waals surface area contributed by atoms with E-state index in [0.717, 1.165) is 0 Å². The van der Waals surface area contributed by atoms with Crippen molar-refractivity contribution in [3.8, 4) is 0 Å². The van der Waals surface area contributed by atoms with Crippen LogP contribution in [-0.2, 0) is 11.0 Å². The van der Waals surface area contributed by atoms with Gasteiger partial charge in [0.15, 0.2) is 0 Å². The zero-order valence-electron chi connectivity index (χ0n) is 18.1. The molecule has 0 saturated heterocycles. The molecule has 13 heteroatoms. The largest absolute Gasteiger partial charge is 0.417 e. The molecule has 9 nitrogen and oxygen atoms in total. The Balaban J connectivity index is 1.73. The summed E-state index contributed by atoms with van der Waals surface area (Å²) in [5, 5.41) is 3.14. The Kier molecular flexibility index (Phi) is 6.75. The number of primary amides is 1. The highest BCUT2D eigenvalue weighted by Crippen LogP contribution is 2.31. The second-order valence-electron chi connectivity index (χ2n) is 7.45. The van der Waals surface area contributed by atoms with Crippen molar-refractivity contribution in [1.29, 1.82) is 0 Å². The van der Waals surface area contributed by atoms with Gasteiger partial charge in [0, 0.05) is 21.8 Å². The fourth-order valence-electron chi connectivity index (χ4n) is 3.41. The van der Waals surface area contributed by atoms with Crippen LogP contribution in [0.3, 0.4) is 0 Å². The topological polar surface area (TPSA) is 130 Å². The number of nitrogens with two attached hydrogens (primary N) is 1. The van der Waals surface area contributed by atoms with Crippen molar-refractivity contribution in [2.45, 2.75) is 12.3 Å². The zero-order valence-corrected chi connectivity index (χ0v) is 19.7. The number of urea groups is 1. The van der Waals surface area contributed by atoms with Crippen molar-refractivity contribution in [2.75, 3.05) is 5.32 Å². The van der Waals surface area contributed by atoms with Gasteiger partial charge in [-0.15, -0.1) is 0 Å². The number of halogens is 4. The molecule has 0 fully saturated rings. The Hall–Kier alpha value is -4.26. The van der Waals surface area contributed by atoms with Crippen LogP contribution in [0.25, 0.3) is 0 Å². The average Bonchev–Trinajstić information content (AvgIpc) is 2.98. The first-order valence-electron chi connectivity index (χ1n) is 10.2. The molecule has 0 radical (unpaired) electrons. The lowest BCUT2D eigenvalue weighted by molar-refractivity contribution is -0.137. The Morgan fingerprint density at radius 2 is 1.75 bits per heavy atom. The van der Waals surface area contributed by atoms with Crippen LogP contribution in [0.5, 0.6) is 0 Å². The molecular weight excluding hydrogens is 545 g/mol. The summed E-state index contributed by atoms with van der Waals surface area (Å²) in [5.74, 6) is -1.88. The van der Waals surface area contributed by atoms with Gasteiger partial charge in [-0.05, 0) is 28.1 Å². The third-order valence-corrected chi connectivity index (χ3v) is 5.67. The second-order valence-corrected chi connectivity index (χ2v) is 8.31. The average molecular weight is 561 g/mol. The van der Waals surface area contributed by atoms with Crippen molar-refractivity contribution in [2.24, 2.45) is 10.7 Å². The number of para-hydroxylation sites is 1. The lowest BCUT2D eigenvalue weighted by Crippen LogP contribution is -2.57. The number of benzene rings is 2. The summed E-state index contributed by atoms with van der Waals surface area (Å²) in [6, 6.07) is 15.0. The summed E-state index contributed by atoms with van der Waals surface area (Å²) < 4.78 is 38.5. The SMILES string of the molecule is NC(=O)N(NC(=O)c1ncc(C(F)(F)F)cc1Br)C1N=C(c2ccccc2)c2ccccc2NC1=O. The van der Waals surface area contributed by atoms with E-state index in [1.807, 2.05) is 0 Å².